The maximum atomic E-state index is 13.7. The minimum absolute atomic E-state index is 0.109. The second kappa shape index (κ2) is 5.50. The van der Waals surface area contributed by atoms with Gasteiger partial charge in [0.15, 0.2) is 5.82 Å². The molecule has 0 saturated heterocycles. The zero-order valence-corrected chi connectivity index (χ0v) is 12.4. The number of nitrogen functional groups attached to an aromatic ring is 1. The van der Waals surface area contributed by atoms with Crippen molar-refractivity contribution < 1.29 is 17.2 Å². The van der Waals surface area contributed by atoms with Crippen LogP contribution in [0.25, 0.3) is 0 Å². The maximum Gasteiger partial charge on any atom is 0.262 e. The Morgan fingerprint density at radius 3 is 2.52 bits per heavy atom. The third kappa shape index (κ3) is 3.08. The summed E-state index contributed by atoms with van der Waals surface area (Å²) in [6.45, 7) is 1.52. The Balaban J connectivity index is 2.50. The fraction of sp³-hybridized carbons (Fsp3) is 0.0769. The molecule has 0 saturated carbocycles. The molecule has 21 heavy (non-hydrogen) atoms. The number of sulfonamides is 1. The highest BCUT2D eigenvalue weighted by Crippen LogP contribution is 2.30. The van der Waals surface area contributed by atoms with Gasteiger partial charge in [-0.25, -0.2) is 17.2 Å². The van der Waals surface area contributed by atoms with Gasteiger partial charge in [-0.05, 0) is 30.7 Å². The molecule has 0 aromatic heterocycles. The SMILES string of the molecule is Cc1c(N)cccc1S(=O)(=O)Nc1c(F)cc(F)cc1Cl. The molecule has 112 valence electrons. The molecule has 0 atom stereocenters. The molecule has 0 spiro atoms. The third-order valence-electron chi connectivity index (χ3n) is 2.86. The first-order valence-electron chi connectivity index (χ1n) is 5.75. The van der Waals surface area contributed by atoms with Crippen LogP contribution in [0, 0.1) is 18.6 Å². The minimum atomic E-state index is -4.10. The number of hydrogen-bond donors (Lipinski definition) is 2. The Bertz CT molecular complexity index is 787. The van der Waals surface area contributed by atoms with E-state index in [0.717, 1.165) is 6.07 Å². The average molecular weight is 333 g/mol. The highest BCUT2D eigenvalue weighted by atomic mass is 35.5. The molecule has 2 aromatic carbocycles. The van der Waals surface area contributed by atoms with Gasteiger partial charge < -0.3 is 5.73 Å². The van der Waals surface area contributed by atoms with Crippen molar-refractivity contribution in [3.63, 3.8) is 0 Å². The Morgan fingerprint density at radius 1 is 1.24 bits per heavy atom. The van der Waals surface area contributed by atoms with E-state index in [4.69, 9.17) is 17.3 Å². The molecule has 0 heterocycles. The van der Waals surface area contributed by atoms with E-state index < -0.39 is 27.3 Å². The Labute approximate surface area is 125 Å². The number of hydrogen-bond acceptors (Lipinski definition) is 3. The van der Waals surface area contributed by atoms with Crippen LogP contribution in [0.4, 0.5) is 20.2 Å². The lowest BCUT2D eigenvalue weighted by Gasteiger charge is -2.13. The molecule has 0 aliphatic rings. The normalized spacial score (nSPS) is 11.4. The minimum Gasteiger partial charge on any atom is -0.398 e. The summed E-state index contributed by atoms with van der Waals surface area (Å²) in [7, 11) is -4.10. The molecule has 0 fully saturated rings. The maximum absolute atomic E-state index is 13.7. The molecular weight excluding hydrogens is 322 g/mol. The first-order valence-corrected chi connectivity index (χ1v) is 7.61. The molecule has 0 aliphatic heterocycles. The Morgan fingerprint density at radius 2 is 1.90 bits per heavy atom. The number of rotatable bonds is 3. The quantitative estimate of drug-likeness (QED) is 0.847. The number of nitrogens with two attached hydrogens (primary N) is 1. The predicted octanol–water partition coefficient (Wildman–Crippen LogP) is 3.31. The average Bonchev–Trinajstić information content (AvgIpc) is 2.37. The monoisotopic (exact) mass is 332 g/mol. The largest absolute Gasteiger partial charge is 0.398 e. The van der Waals surface area contributed by atoms with Gasteiger partial charge in [0.05, 0.1) is 9.92 Å². The van der Waals surface area contributed by atoms with Gasteiger partial charge in [0.2, 0.25) is 0 Å². The summed E-state index contributed by atoms with van der Waals surface area (Å²) in [6, 6.07) is 5.67. The van der Waals surface area contributed by atoms with Crippen LogP contribution in [0.1, 0.15) is 5.56 Å². The second-order valence-corrected chi connectivity index (χ2v) is 6.38. The second-order valence-electron chi connectivity index (χ2n) is 4.32. The van der Waals surface area contributed by atoms with E-state index in [1.54, 1.807) is 6.07 Å². The fourth-order valence-electron chi connectivity index (χ4n) is 1.75. The standard InChI is InChI=1S/C13H11ClF2N2O2S/c1-7-11(17)3-2-4-12(7)21(19,20)18-13-9(14)5-8(15)6-10(13)16/h2-6,18H,17H2,1H3. The van der Waals surface area contributed by atoms with Crippen LogP contribution in [0.3, 0.4) is 0 Å². The van der Waals surface area contributed by atoms with Crippen LogP contribution in [-0.2, 0) is 10.0 Å². The summed E-state index contributed by atoms with van der Waals surface area (Å²) in [6.07, 6.45) is 0. The molecule has 2 aromatic rings. The molecule has 4 nitrogen and oxygen atoms in total. The summed E-state index contributed by atoms with van der Waals surface area (Å²) < 4.78 is 53.2. The molecule has 2 rings (SSSR count). The zero-order valence-electron chi connectivity index (χ0n) is 10.8. The van der Waals surface area contributed by atoms with Crippen LogP contribution in [0.5, 0.6) is 0 Å². The van der Waals surface area contributed by atoms with Crippen molar-refractivity contribution >= 4 is 33.0 Å². The van der Waals surface area contributed by atoms with Crippen molar-refractivity contribution in [2.24, 2.45) is 0 Å². The number of anilines is 2. The lowest BCUT2D eigenvalue weighted by molar-refractivity contribution is 0.583. The molecule has 0 unspecified atom stereocenters. The number of nitrogens with one attached hydrogen (secondary N) is 1. The van der Waals surface area contributed by atoms with E-state index >= 15 is 0 Å². The summed E-state index contributed by atoms with van der Waals surface area (Å²) in [4.78, 5) is -0.109. The zero-order chi connectivity index (χ0) is 15.8. The highest BCUT2D eigenvalue weighted by Gasteiger charge is 2.21. The summed E-state index contributed by atoms with van der Waals surface area (Å²) in [5, 5.41) is -0.377. The lowest BCUT2D eigenvalue weighted by atomic mass is 10.2. The summed E-state index contributed by atoms with van der Waals surface area (Å²) in [5.41, 5.74) is 5.74. The van der Waals surface area contributed by atoms with Crippen LogP contribution >= 0.6 is 11.6 Å². The van der Waals surface area contributed by atoms with Crippen LogP contribution in [0.2, 0.25) is 5.02 Å². The Hall–Kier alpha value is -1.86. The first-order chi connectivity index (χ1) is 9.72. The molecule has 0 aliphatic carbocycles. The van der Waals surface area contributed by atoms with E-state index in [0.29, 0.717) is 11.6 Å². The van der Waals surface area contributed by atoms with Gasteiger partial charge in [0.1, 0.15) is 11.5 Å². The molecular formula is C13H11ClF2N2O2S. The predicted molar refractivity (Wildman–Crippen MR) is 77.8 cm³/mol. The first kappa shape index (κ1) is 15.5. The molecule has 0 radical (unpaired) electrons. The van der Waals surface area contributed by atoms with E-state index in [2.05, 4.69) is 0 Å². The van der Waals surface area contributed by atoms with Gasteiger partial charge in [-0.2, -0.15) is 0 Å². The van der Waals surface area contributed by atoms with Crippen molar-refractivity contribution in [1.82, 2.24) is 0 Å². The molecule has 0 amide bonds. The van der Waals surface area contributed by atoms with Crippen molar-refractivity contribution in [1.29, 1.82) is 0 Å². The topological polar surface area (TPSA) is 72.2 Å². The van der Waals surface area contributed by atoms with E-state index in [1.165, 1.54) is 19.1 Å². The smallest absolute Gasteiger partial charge is 0.262 e. The van der Waals surface area contributed by atoms with Crippen molar-refractivity contribution in [3.05, 3.63) is 52.6 Å². The highest BCUT2D eigenvalue weighted by molar-refractivity contribution is 7.92. The summed E-state index contributed by atoms with van der Waals surface area (Å²) in [5.74, 6) is -2.01. The fourth-order valence-corrected chi connectivity index (χ4v) is 3.41. The van der Waals surface area contributed by atoms with Crippen molar-refractivity contribution in [2.75, 3.05) is 10.5 Å². The van der Waals surface area contributed by atoms with Gasteiger partial charge in [-0.1, -0.05) is 17.7 Å². The van der Waals surface area contributed by atoms with Crippen LogP contribution < -0.4 is 10.5 Å². The van der Waals surface area contributed by atoms with E-state index in [1.807, 2.05) is 4.72 Å². The number of benzene rings is 2. The molecule has 3 N–H and O–H groups in total. The van der Waals surface area contributed by atoms with Gasteiger partial charge in [-0.3, -0.25) is 4.72 Å². The van der Waals surface area contributed by atoms with E-state index in [9.17, 15) is 17.2 Å². The van der Waals surface area contributed by atoms with Crippen LogP contribution in [0.15, 0.2) is 35.2 Å². The summed E-state index contributed by atoms with van der Waals surface area (Å²) >= 11 is 5.67. The molecule has 0 bridgehead atoms. The lowest BCUT2D eigenvalue weighted by Crippen LogP contribution is -2.16. The van der Waals surface area contributed by atoms with Gasteiger partial charge in [-0.15, -0.1) is 0 Å². The van der Waals surface area contributed by atoms with Crippen molar-refractivity contribution in [3.8, 4) is 0 Å². The Kier molecular flexibility index (Phi) is 4.06. The van der Waals surface area contributed by atoms with Crippen LogP contribution in [-0.4, -0.2) is 8.42 Å². The van der Waals surface area contributed by atoms with E-state index in [-0.39, 0.29) is 15.6 Å². The molecule has 8 heteroatoms. The van der Waals surface area contributed by atoms with Crippen molar-refractivity contribution in [2.45, 2.75) is 11.8 Å². The van der Waals surface area contributed by atoms with Gasteiger partial charge in [0, 0.05) is 11.8 Å². The third-order valence-corrected chi connectivity index (χ3v) is 4.65. The van der Waals surface area contributed by atoms with Gasteiger partial charge in [0.25, 0.3) is 10.0 Å². The number of halogens is 3. The van der Waals surface area contributed by atoms with Gasteiger partial charge >= 0.3 is 0 Å².